The van der Waals surface area contributed by atoms with E-state index in [2.05, 4.69) is 20.0 Å². The van der Waals surface area contributed by atoms with Gasteiger partial charge in [0.25, 0.3) is 0 Å². The molecule has 0 aliphatic carbocycles. The van der Waals surface area contributed by atoms with E-state index in [4.69, 9.17) is 26.2 Å². The Kier molecular flexibility index (Phi) is 36.8. The molecule has 0 unspecified atom stereocenters. The van der Waals surface area contributed by atoms with Crippen molar-refractivity contribution in [2.75, 3.05) is 0 Å². The van der Waals surface area contributed by atoms with Crippen LogP contribution in [0.5, 0.6) is 0 Å². The fraction of sp³-hybridized carbons (Fsp3) is 0.100. The Morgan fingerprint density at radius 1 is 1.00 bits per heavy atom. The second kappa shape index (κ2) is 23.2. The van der Waals surface area contributed by atoms with Crippen LogP contribution in [0, 0.1) is 20.0 Å². The van der Waals surface area contributed by atoms with Crippen molar-refractivity contribution in [3.8, 4) is 0 Å². The first kappa shape index (κ1) is 23.8. The molecule has 1 rings (SSSR count). The van der Waals surface area contributed by atoms with Gasteiger partial charge in [-0.3, -0.25) is 0 Å². The normalized spacial score (nSPS) is 5.27. The van der Waals surface area contributed by atoms with Gasteiger partial charge in [-0.25, -0.2) is 12.1 Å². The second-order valence-corrected chi connectivity index (χ2v) is 2.34. The van der Waals surface area contributed by atoms with Crippen LogP contribution < -0.4 is 0 Å². The molecule has 0 aliphatic rings. The molecule has 0 heterocycles. The maximum absolute atomic E-state index is 7.50. The van der Waals surface area contributed by atoms with Gasteiger partial charge < -0.3 is 0 Å². The molecule has 0 spiro atoms. The predicted molar refractivity (Wildman–Crippen MR) is 51.2 cm³/mol. The van der Waals surface area contributed by atoms with Gasteiger partial charge in [0.15, 0.2) is 0 Å². The molecule has 0 saturated heterocycles. The Balaban J connectivity index is -0.0000000755. The molecule has 79 valence electrons. The van der Waals surface area contributed by atoms with Crippen molar-refractivity contribution in [1.82, 2.24) is 0 Å². The minimum atomic E-state index is 0. The van der Waals surface area contributed by atoms with E-state index in [0.717, 1.165) is 4.86 Å². The Labute approximate surface area is 105 Å². The summed E-state index contributed by atoms with van der Waals surface area (Å²) < 4.78 is 22.5. The zero-order valence-electron chi connectivity index (χ0n) is 7.82. The average Bonchev–Trinajstić information content (AvgIpc) is 2.80. The number of rotatable bonds is 1. The van der Waals surface area contributed by atoms with Crippen molar-refractivity contribution in [3.05, 3.63) is 49.8 Å². The first-order chi connectivity index (χ1) is 6.80. The first-order valence-corrected chi connectivity index (χ1v) is 3.55. The van der Waals surface area contributed by atoms with Crippen LogP contribution in [-0.2, 0) is 31.0 Å². The molecule has 1 aromatic rings. The average molecular weight is 262 g/mol. The van der Waals surface area contributed by atoms with Crippen LogP contribution >= 0.6 is 12.2 Å². The van der Waals surface area contributed by atoms with E-state index < -0.39 is 0 Å². The van der Waals surface area contributed by atoms with E-state index in [-0.39, 0.29) is 17.1 Å². The van der Waals surface area contributed by atoms with Gasteiger partial charge in [-0.2, -0.15) is 12.1 Å². The van der Waals surface area contributed by atoms with Gasteiger partial charge in [-0.15, -0.1) is 5.56 Å². The third kappa shape index (κ3) is 15.9. The number of hydrogen-bond donors (Lipinski definition) is 0. The predicted octanol–water partition coefficient (Wildman–Crippen LogP) is 2.03. The van der Waals surface area contributed by atoms with Crippen molar-refractivity contribution < 1.29 is 31.0 Å². The van der Waals surface area contributed by atoms with Crippen molar-refractivity contribution in [1.29, 1.82) is 0 Å². The Bertz CT molecular complexity index is 271. The molecule has 1 radical (unpaired) electrons. The minimum absolute atomic E-state index is 0. The summed E-state index contributed by atoms with van der Waals surface area (Å²) in [6.45, 7) is 15.4. The van der Waals surface area contributed by atoms with Crippen LogP contribution in [0.2, 0.25) is 0 Å². The third-order valence-corrected chi connectivity index (χ3v) is 1.30. The SMILES string of the molecule is CC(=S)[c-]1cccc1.[C-]#[O+].[C-]#[O+].[C-]#[O+].[Mn]. The number of thiocarbonyl (C=S) groups is 1. The Morgan fingerprint density at radius 3 is 1.40 bits per heavy atom. The summed E-state index contributed by atoms with van der Waals surface area (Å²) >= 11 is 4.92. The van der Waals surface area contributed by atoms with E-state index >= 15 is 0 Å². The van der Waals surface area contributed by atoms with E-state index in [1.165, 1.54) is 5.56 Å². The molecule has 0 amide bonds. The van der Waals surface area contributed by atoms with Crippen molar-refractivity contribution >= 4 is 17.1 Å². The van der Waals surface area contributed by atoms with Crippen LogP contribution in [0.15, 0.2) is 24.3 Å². The van der Waals surface area contributed by atoms with Gasteiger partial charge in [-0.1, -0.05) is 12.2 Å². The summed E-state index contributed by atoms with van der Waals surface area (Å²) in [5.41, 5.74) is 1.17. The summed E-state index contributed by atoms with van der Waals surface area (Å²) in [5, 5.41) is 0. The zero-order chi connectivity index (χ0) is 12.0. The van der Waals surface area contributed by atoms with Gasteiger partial charge in [0.05, 0.1) is 0 Å². The van der Waals surface area contributed by atoms with Crippen molar-refractivity contribution in [3.63, 3.8) is 0 Å². The summed E-state index contributed by atoms with van der Waals surface area (Å²) in [4.78, 5) is 0.968. The molecule has 0 aromatic heterocycles. The van der Waals surface area contributed by atoms with E-state index in [0.29, 0.717) is 0 Å². The number of hydrogen-bond acceptors (Lipinski definition) is 1. The molecule has 0 aliphatic heterocycles. The largest absolute Gasteiger partial charge is 0 e. The summed E-state index contributed by atoms with van der Waals surface area (Å²) in [7, 11) is 0. The molecule has 1 aromatic carbocycles. The standard InChI is InChI=1S/C7H7S.3CO.Mn/c1-6(8)7-4-2-3-5-7;3*1-2;/h2-5H,1H3;;;;/q-1;;;;. The molecule has 0 bridgehead atoms. The minimum Gasteiger partial charge on any atom is 0 e. The van der Waals surface area contributed by atoms with Gasteiger partial charge in [0.1, 0.15) is 0 Å². The van der Waals surface area contributed by atoms with Crippen LogP contribution in [0.25, 0.3) is 0 Å². The maximum atomic E-state index is 7.50. The molecule has 0 fully saturated rings. The third-order valence-electron chi connectivity index (χ3n) is 1.07. The maximum Gasteiger partial charge on any atom is 0 e. The Morgan fingerprint density at radius 2 is 1.27 bits per heavy atom. The fourth-order valence-corrected chi connectivity index (χ4v) is 0.745. The van der Waals surface area contributed by atoms with Gasteiger partial charge in [0.2, 0.25) is 0 Å². The summed E-state index contributed by atoms with van der Waals surface area (Å²) in [6, 6.07) is 8.01. The van der Waals surface area contributed by atoms with Crippen molar-refractivity contribution in [2.45, 2.75) is 6.92 Å². The van der Waals surface area contributed by atoms with Gasteiger partial charge >= 0.3 is 33.9 Å². The summed E-state index contributed by atoms with van der Waals surface area (Å²) in [5.74, 6) is 0. The van der Waals surface area contributed by atoms with Crippen LogP contribution in [0.1, 0.15) is 12.5 Å². The van der Waals surface area contributed by atoms with Gasteiger partial charge in [-0.05, 0) is 11.8 Å². The molecule has 15 heavy (non-hydrogen) atoms. The second-order valence-electron chi connectivity index (χ2n) is 1.73. The molecule has 0 N–H and O–H groups in total. The molecule has 3 nitrogen and oxygen atoms in total. The Hall–Kier alpha value is -0.821. The van der Waals surface area contributed by atoms with Crippen LogP contribution in [0.3, 0.4) is 0 Å². The molecule has 0 atom stereocenters. The van der Waals surface area contributed by atoms with E-state index in [9.17, 15) is 0 Å². The molecular formula is C10H7MnO3S-. The first-order valence-electron chi connectivity index (χ1n) is 3.14. The topological polar surface area (TPSA) is 59.7 Å². The quantitative estimate of drug-likeness (QED) is 0.251. The molecule has 0 saturated carbocycles. The van der Waals surface area contributed by atoms with E-state index in [1.54, 1.807) is 0 Å². The summed E-state index contributed by atoms with van der Waals surface area (Å²) in [6.07, 6.45) is 0. The molecule has 5 heteroatoms. The van der Waals surface area contributed by atoms with Crippen LogP contribution in [0.4, 0.5) is 0 Å². The molecular weight excluding hydrogens is 255 g/mol. The van der Waals surface area contributed by atoms with Gasteiger partial charge in [0, 0.05) is 17.1 Å². The zero-order valence-corrected chi connectivity index (χ0v) is 9.82. The fourth-order valence-electron chi connectivity index (χ4n) is 0.609. The van der Waals surface area contributed by atoms with E-state index in [1.807, 2.05) is 31.2 Å². The monoisotopic (exact) mass is 262 g/mol. The van der Waals surface area contributed by atoms with Crippen LogP contribution in [-0.4, -0.2) is 4.86 Å². The smallest absolute Gasteiger partial charge is 0 e. The van der Waals surface area contributed by atoms with Crippen molar-refractivity contribution in [2.24, 2.45) is 0 Å².